The van der Waals surface area contributed by atoms with Crippen molar-refractivity contribution >= 4 is 54.6 Å². The van der Waals surface area contributed by atoms with Crippen molar-refractivity contribution in [1.82, 2.24) is 34.1 Å². The van der Waals surface area contributed by atoms with Gasteiger partial charge < -0.3 is 4.57 Å². The maximum Gasteiger partial charge on any atom is 0.238 e. The van der Waals surface area contributed by atoms with E-state index in [0.29, 0.717) is 17.6 Å². The van der Waals surface area contributed by atoms with Crippen molar-refractivity contribution in [3.63, 3.8) is 0 Å². The molecule has 4 heterocycles. The van der Waals surface area contributed by atoms with Gasteiger partial charge in [-0.15, -0.1) is 0 Å². The van der Waals surface area contributed by atoms with Crippen LogP contribution >= 0.6 is 0 Å². The molecule has 4 aromatic heterocycles. The molecule has 8 aromatic carbocycles. The SMILES string of the molecule is c1ccc(-c2nc(-c3ccccc3)nc(-n3c4ccccc4c4c5c6ccccc6n(-c6ccc(-c7nc8ccccc8nc7-c7ccccc7)cc6)c5ccc43)n2)cc1. The fourth-order valence-corrected chi connectivity index (χ4v) is 8.68. The molecule has 7 heteroatoms. The minimum Gasteiger partial charge on any atom is -0.309 e. The zero-order chi connectivity index (χ0) is 39.6. The molecule has 60 heavy (non-hydrogen) atoms. The Kier molecular flexibility index (Phi) is 7.71. The van der Waals surface area contributed by atoms with Crippen molar-refractivity contribution in [2.45, 2.75) is 0 Å². The number of rotatable bonds is 6. The van der Waals surface area contributed by atoms with Gasteiger partial charge in [0.15, 0.2) is 11.6 Å². The van der Waals surface area contributed by atoms with Crippen LogP contribution in [0.15, 0.2) is 200 Å². The number of aromatic nitrogens is 7. The van der Waals surface area contributed by atoms with Crippen molar-refractivity contribution in [1.29, 1.82) is 0 Å². The molecule has 0 atom stereocenters. The maximum absolute atomic E-state index is 5.17. The van der Waals surface area contributed by atoms with Gasteiger partial charge in [0.2, 0.25) is 5.95 Å². The van der Waals surface area contributed by atoms with Gasteiger partial charge in [-0.2, -0.15) is 9.97 Å². The first-order valence-corrected chi connectivity index (χ1v) is 20.0. The van der Waals surface area contributed by atoms with Crippen LogP contribution in [0.1, 0.15) is 0 Å². The highest BCUT2D eigenvalue weighted by Crippen LogP contribution is 2.42. The quantitative estimate of drug-likeness (QED) is 0.168. The Balaban J connectivity index is 1.07. The number of nitrogens with zero attached hydrogens (tertiary/aromatic N) is 7. The number of hydrogen-bond donors (Lipinski definition) is 0. The van der Waals surface area contributed by atoms with Gasteiger partial charge in [-0.1, -0.05) is 152 Å². The molecule has 0 aliphatic heterocycles. The van der Waals surface area contributed by atoms with Crippen LogP contribution in [-0.4, -0.2) is 34.1 Å². The van der Waals surface area contributed by atoms with Gasteiger partial charge >= 0.3 is 0 Å². The number of hydrogen-bond acceptors (Lipinski definition) is 5. The third-order valence-corrected chi connectivity index (χ3v) is 11.4. The molecule has 0 unspecified atom stereocenters. The molecule has 0 radical (unpaired) electrons. The average molecular weight is 768 g/mol. The molecule has 280 valence electrons. The molecule has 0 aliphatic carbocycles. The van der Waals surface area contributed by atoms with Gasteiger partial charge in [-0.3, -0.25) is 4.57 Å². The van der Waals surface area contributed by atoms with Crippen molar-refractivity contribution in [2.75, 3.05) is 0 Å². The van der Waals surface area contributed by atoms with E-state index in [9.17, 15) is 0 Å². The van der Waals surface area contributed by atoms with Gasteiger partial charge in [0, 0.05) is 49.5 Å². The molecule has 0 aliphatic rings. The molecule has 0 bridgehead atoms. The van der Waals surface area contributed by atoms with Crippen molar-refractivity contribution in [3.8, 4) is 56.9 Å². The highest BCUT2D eigenvalue weighted by molar-refractivity contribution is 6.28. The van der Waals surface area contributed by atoms with E-state index in [1.165, 1.54) is 10.8 Å². The average Bonchev–Trinajstić information content (AvgIpc) is 3.85. The minimum atomic E-state index is 0.569. The summed E-state index contributed by atoms with van der Waals surface area (Å²) in [6.45, 7) is 0. The van der Waals surface area contributed by atoms with Crippen LogP contribution < -0.4 is 0 Å². The molecule has 7 nitrogen and oxygen atoms in total. The summed E-state index contributed by atoms with van der Waals surface area (Å²) in [4.78, 5) is 25.6. The summed E-state index contributed by atoms with van der Waals surface area (Å²) in [5, 5.41) is 4.62. The zero-order valence-corrected chi connectivity index (χ0v) is 32.2. The first-order valence-electron chi connectivity index (χ1n) is 20.0. The van der Waals surface area contributed by atoms with E-state index in [0.717, 1.165) is 83.2 Å². The normalized spacial score (nSPS) is 11.7. The Bertz CT molecular complexity index is 3520. The fraction of sp³-hybridized carbons (Fsp3) is 0. The van der Waals surface area contributed by atoms with Gasteiger partial charge in [-0.25, -0.2) is 15.0 Å². The van der Waals surface area contributed by atoms with Crippen molar-refractivity contribution < 1.29 is 0 Å². The van der Waals surface area contributed by atoms with E-state index >= 15 is 0 Å². The largest absolute Gasteiger partial charge is 0.309 e. The van der Waals surface area contributed by atoms with Crippen molar-refractivity contribution in [3.05, 3.63) is 200 Å². The Hall–Kier alpha value is -8.29. The lowest BCUT2D eigenvalue weighted by Crippen LogP contribution is -2.06. The van der Waals surface area contributed by atoms with E-state index < -0.39 is 0 Å². The third kappa shape index (κ3) is 5.41. The highest BCUT2D eigenvalue weighted by Gasteiger charge is 2.23. The van der Waals surface area contributed by atoms with E-state index in [1.54, 1.807) is 0 Å². The lowest BCUT2D eigenvalue weighted by Gasteiger charge is -2.13. The molecule has 0 saturated heterocycles. The second-order valence-corrected chi connectivity index (χ2v) is 14.9. The molecular formula is C53H33N7. The van der Waals surface area contributed by atoms with Gasteiger partial charge in [-0.05, 0) is 48.5 Å². The van der Waals surface area contributed by atoms with E-state index in [-0.39, 0.29) is 0 Å². The predicted octanol–water partition coefficient (Wildman–Crippen LogP) is 12.7. The molecule has 0 amide bonds. The molecule has 0 spiro atoms. The van der Waals surface area contributed by atoms with Gasteiger partial charge in [0.1, 0.15) is 0 Å². The highest BCUT2D eigenvalue weighted by atomic mass is 15.2. The predicted molar refractivity (Wildman–Crippen MR) is 243 cm³/mol. The summed E-state index contributed by atoms with van der Waals surface area (Å²) in [5.41, 5.74) is 12.7. The van der Waals surface area contributed by atoms with Gasteiger partial charge in [0.25, 0.3) is 0 Å². The van der Waals surface area contributed by atoms with Crippen molar-refractivity contribution in [2.24, 2.45) is 0 Å². The molecule has 0 fully saturated rings. The Morgan fingerprint density at radius 3 is 1.23 bits per heavy atom. The first-order chi connectivity index (χ1) is 29.8. The van der Waals surface area contributed by atoms with Crippen LogP contribution in [0, 0.1) is 0 Å². The van der Waals surface area contributed by atoms with Crippen LogP contribution in [-0.2, 0) is 0 Å². The summed E-state index contributed by atoms with van der Waals surface area (Å²) < 4.78 is 4.56. The summed E-state index contributed by atoms with van der Waals surface area (Å²) in [6, 6.07) is 69.0. The molecule has 0 saturated carbocycles. The Morgan fingerprint density at radius 1 is 0.283 bits per heavy atom. The Morgan fingerprint density at radius 2 is 0.700 bits per heavy atom. The van der Waals surface area contributed by atoms with E-state index in [2.05, 4.69) is 106 Å². The third-order valence-electron chi connectivity index (χ3n) is 11.4. The molecular weight excluding hydrogens is 735 g/mol. The summed E-state index contributed by atoms with van der Waals surface area (Å²) in [7, 11) is 0. The van der Waals surface area contributed by atoms with E-state index in [1.807, 2.05) is 103 Å². The van der Waals surface area contributed by atoms with Crippen LogP contribution in [0.4, 0.5) is 0 Å². The second kappa shape index (κ2) is 13.7. The molecule has 12 aromatic rings. The minimum absolute atomic E-state index is 0.569. The smallest absolute Gasteiger partial charge is 0.238 e. The van der Waals surface area contributed by atoms with Crippen LogP contribution in [0.25, 0.3) is 112 Å². The topological polar surface area (TPSA) is 74.3 Å². The standard InChI is InChI=1S/C53H33N7/c1-4-16-34(17-5-1)49-50(55-42-25-13-12-24-41(42)54-49)35-28-30-38(31-29-35)59-43-26-14-10-22-39(43)47-45(59)32-33-46-48(47)40-23-11-15-27-44(40)60(46)53-57-51(36-18-6-2-7-19-36)56-52(58-53)37-20-8-3-9-21-37/h1-33H. The first kappa shape index (κ1) is 33.8. The fourth-order valence-electron chi connectivity index (χ4n) is 8.68. The zero-order valence-electron chi connectivity index (χ0n) is 32.2. The lowest BCUT2D eigenvalue weighted by molar-refractivity contribution is 0.953. The van der Waals surface area contributed by atoms with Crippen LogP contribution in [0.2, 0.25) is 0 Å². The monoisotopic (exact) mass is 767 g/mol. The maximum atomic E-state index is 5.17. The summed E-state index contributed by atoms with van der Waals surface area (Å²) in [6.07, 6.45) is 0. The number of fused-ring (bicyclic) bond motifs is 8. The lowest BCUT2D eigenvalue weighted by atomic mass is 10.0. The van der Waals surface area contributed by atoms with Gasteiger partial charge in [0.05, 0.1) is 44.5 Å². The second-order valence-electron chi connectivity index (χ2n) is 14.9. The Labute approximate surface area is 344 Å². The van der Waals surface area contributed by atoms with Crippen LogP contribution in [0.3, 0.4) is 0 Å². The molecule has 0 N–H and O–H groups in total. The number of para-hydroxylation sites is 4. The number of benzene rings is 8. The van der Waals surface area contributed by atoms with Crippen LogP contribution in [0.5, 0.6) is 0 Å². The summed E-state index contributed by atoms with van der Waals surface area (Å²) >= 11 is 0. The summed E-state index contributed by atoms with van der Waals surface area (Å²) in [5.74, 6) is 1.81. The molecule has 12 rings (SSSR count). The van der Waals surface area contributed by atoms with E-state index in [4.69, 9.17) is 24.9 Å².